The number of hydrogen-bond acceptors (Lipinski definition) is 5. The lowest BCUT2D eigenvalue weighted by molar-refractivity contribution is 0.0949. The fraction of sp³-hybridized carbons (Fsp3) is 0.421. The van der Waals surface area contributed by atoms with Gasteiger partial charge in [0.05, 0.1) is 25.3 Å². The molecule has 0 unspecified atom stereocenters. The largest absolute Gasteiger partial charge is 0.497 e. The topological polar surface area (TPSA) is 86.7 Å². The van der Waals surface area contributed by atoms with Crippen molar-refractivity contribution in [3.8, 4) is 11.5 Å². The third-order valence-electron chi connectivity index (χ3n) is 4.43. The minimum absolute atomic E-state index is 0. The fourth-order valence-electron chi connectivity index (χ4n) is 2.99. The molecule has 1 aromatic carbocycles. The summed E-state index contributed by atoms with van der Waals surface area (Å²) in [5.74, 6) is 1.89. The molecule has 0 aliphatic heterocycles. The van der Waals surface area contributed by atoms with Gasteiger partial charge in [-0.15, -0.1) is 12.4 Å². The Morgan fingerprint density at radius 2 is 2.08 bits per heavy atom. The molecule has 1 aromatic heterocycles. The van der Waals surface area contributed by atoms with Gasteiger partial charge in [-0.1, -0.05) is 0 Å². The molecular weight excluding hydrogens is 356 g/mol. The molecule has 3 N–H and O–H groups in total. The summed E-state index contributed by atoms with van der Waals surface area (Å²) in [6.07, 6.45) is 6.19. The van der Waals surface area contributed by atoms with E-state index in [-0.39, 0.29) is 31.0 Å². The van der Waals surface area contributed by atoms with E-state index in [1.165, 1.54) is 19.1 Å². The number of halogens is 1. The van der Waals surface area contributed by atoms with Crippen molar-refractivity contribution >= 4 is 18.3 Å². The van der Waals surface area contributed by atoms with Gasteiger partial charge in [-0.25, -0.2) is 0 Å². The van der Waals surface area contributed by atoms with Gasteiger partial charge in [-0.3, -0.25) is 4.79 Å². The van der Waals surface area contributed by atoms with Gasteiger partial charge < -0.3 is 24.9 Å². The molecule has 142 valence electrons. The van der Waals surface area contributed by atoms with Crippen LogP contribution in [-0.2, 0) is 13.1 Å². The van der Waals surface area contributed by atoms with Crippen molar-refractivity contribution in [2.24, 2.45) is 5.73 Å². The van der Waals surface area contributed by atoms with Gasteiger partial charge in [0.1, 0.15) is 23.5 Å². The lowest BCUT2D eigenvalue weighted by atomic mass is 10.1. The van der Waals surface area contributed by atoms with Crippen LogP contribution in [0.4, 0.5) is 0 Å². The average Bonchev–Trinajstić information content (AvgIpc) is 3.31. The highest BCUT2D eigenvalue weighted by molar-refractivity contribution is 5.93. The number of benzene rings is 1. The van der Waals surface area contributed by atoms with Gasteiger partial charge in [0.2, 0.25) is 0 Å². The molecule has 1 aliphatic carbocycles. The maximum Gasteiger partial charge on any atom is 0.254 e. The maximum atomic E-state index is 12.2. The van der Waals surface area contributed by atoms with Crippen molar-refractivity contribution in [2.75, 3.05) is 7.11 Å². The Balaban J connectivity index is 0.00000243. The van der Waals surface area contributed by atoms with E-state index in [0.29, 0.717) is 17.9 Å². The van der Waals surface area contributed by atoms with Crippen LogP contribution >= 0.6 is 12.4 Å². The Bertz CT molecular complexity index is 726. The second-order valence-electron chi connectivity index (χ2n) is 6.19. The summed E-state index contributed by atoms with van der Waals surface area (Å²) in [6, 6.07) is 7.32. The molecule has 1 fully saturated rings. The third-order valence-corrected chi connectivity index (χ3v) is 4.43. The van der Waals surface area contributed by atoms with Crippen molar-refractivity contribution in [2.45, 2.75) is 44.9 Å². The van der Waals surface area contributed by atoms with Crippen LogP contribution in [0.2, 0.25) is 0 Å². The normalized spacial score (nSPS) is 13.9. The molecule has 0 radical (unpaired) electrons. The van der Waals surface area contributed by atoms with E-state index in [9.17, 15) is 4.79 Å². The van der Waals surface area contributed by atoms with E-state index in [4.69, 9.17) is 19.6 Å². The van der Waals surface area contributed by atoms with Crippen LogP contribution in [0.25, 0.3) is 0 Å². The number of furan rings is 1. The van der Waals surface area contributed by atoms with E-state index in [1.807, 2.05) is 18.2 Å². The van der Waals surface area contributed by atoms with Crippen molar-refractivity contribution in [3.05, 3.63) is 47.4 Å². The number of ether oxygens (including phenoxy) is 2. The second-order valence-corrected chi connectivity index (χ2v) is 6.19. The van der Waals surface area contributed by atoms with Crippen molar-refractivity contribution in [1.82, 2.24) is 5.32 Å². The number of rotatable bonds is 7. The molecule has 0 atom stereocenters. The highest BCUT2D eigenvalue weighted by Crippen LogP contribution is 2.30. The van der Waals surface area contributed by atoms with Crippen LogP contribution in [0.15, 0.2) is 34.9 Å². The number of nitrogens with one attached hydrogen (secondary N) is 1. The van der Waals surface area contributed by atoms with E-state index in [1.54, 1.807) is 13.2 Å². The van der Waals surface area contributed by atoms with Crippen molar-refractivity contribution in [3.63, 3.8) is 0 Å². The first-order chi connectivity index (χ1) is 12.2. The summed E-state index contributed by atoms with van der Waals surface area (Å²) < 4.78 is 16.6. The Labute approximate surface area is 159 Å². The van der Waals surface area contributed by atoms with Crippen molar-refractivity contribution in [1.29, 1.82) is 0 Å². The molecule has 0 bridgehead atoms. The lowest BCUT2D eigenvalue weighted by Crippen LogP contribution is -2.23. The molecule has 2 aromatic rings. The predicted molar refractivity (Wildman–Crippen MR) is 101 cm³/mol. The minimum Gasteiger partial charge on any atom is -0.497 e. The molecule has 1 heterocycles. The Morgan fingerprint density at radius 3 is 2.73 bits per heavy atom. The van der Waals surface area contributed by atoms with Gasteiger partial charge in [0, 0.05) is 18.2 Å². The monoisotopic (exact) mass is 380 g/mol. The summed E-state index contributed by atoms with van der Waals surface area (Å²) in [6.45, 7) is 0.638. The summed E-state index contributed by atoms with van der Waals surface area (Å²) in [5.41, 5.74) is 6.88. The van der Waals surface area contributed by atoms with Crippen LogP contribution in [0.3, 0.4) is 0 Å². The summed E-state index contributed by atoms with van der Waals surface area (Å²) in [7, 11) is 1.63. The molecule has 6 nitrogen and oxygen atoms in total. The molecule has 0 saturated heterocycles. The van der Waals surface area contributed by atoms with Crippen LogP contribution in [0, 0.1) is 0 Å². The van der Waals surface area contributed by atoms with Gasteiger partial charge in [-0.2, -0.15) is 0 Å². The zero-order valence-electron chi connectivity index (χ0n) is 14.8. The number of carbonyl (C=O) groups is 1. The molecular formula is C19H25ClN2O4. The number of nitrogens with two attached hydrogens (primary N) is 1. The smallest absolute Gasteiger partial charge is 0.254 e. The van der Waals surface area contributed by atoms with Crippen LogP contribution in [-0.4, -0.2) is 19.1 Å². The number of carbonyl (C=O) groups excluding carboxylic acids is 1. The zero-order chi connectivity index (χ0) is 17.6. The summed E-state index contributed by atoms with van der Waals surface area (Å²) >= 11 is 0. The first-order valence-corrected chi connectivity index (χ1v) is 8.59. The predicted octanol–water partition coefficient (Wildman–Crippen LogP) is 3.42. The van der Waals surface area contributed by atoms with Crippen LogP contribution < -0.4 is 20.5 Å². The molecule has 26 heavy (non-hydrogen) atoms. The maximum absolute atomic E-state index is 12.2. The van der Waals surface area contributed by atoms with E-state index >= 15 is 0 Å². The second kappa shape index (κ2) is 9.50. The number of hydrogen-bond donors (Lipinski definition) is 2. The minimum atomic E-state index is -0.203. The first-order valence-electron chi connectivity index (χ1n) is 8.59. The number of amides is 1. The molecule has 0 spiro atoms. The lowest BCUT2D eigenvalue weighted by Gasteiger charge is -2.17. The summed E-state index contributed by atoms with van der Waals surface area (Å²) in [5, 5.41) is 2.89. The van der Waals surface area contributed by atoms with Gasteiger partial charge in [-0.05, 0) is 43.9 Å². The van der Waals surface area contributed by atoms with Crippen LogP contribution in [0.1, 0.15) is 47.4 Å². The SMILES string of the molecule is COc1ccc(CNC(=O)c2coc(CN)c2)c(OC2CCCC2)c1.Cl. The third kappa shape index (κ3) is 4.93. The summed E-state index contributed by atoms with van der Waals surface area (Å²) in [4.78, 5) is 12.2. The Kier molecular flexibility index (Phi) is 7.36. The van der Waals surface area contributed by atoms with E-state index in [0.717, 1.165) is 29.9 Å². The van der Waals surface area contributed by atoms with E-state index < -0.39 is 0 Å². The van der Waals surface area contributed by atoms with Gasteiger partial charge in [0.15, 0.2) is 0 Å². The standard InChI is InChI=1S/C19H24N2O4.ClH/c1-23-16-7-6-13(18(9-16)25-15-4-2-3-5-15)11-21-19(22)14-8-17(10-20)24-12-14;/h6-9,12,15H,2-5,10-11,20H2,1H3,(H,21,22);1H. The molecule has 1 amide bonds. The first kappa shape index (κ1) is 20.1. The number of methoxy groups -OCH3 is 1. The Hall–Kier alpha value is -2.18. The zero-order valence-corrected chi connectivity index (χ0v) is 15.6. The quantitative estimate of drug-likeness (QED) is 0.768. The van der Waals surface area contributed by atoms with Crippen LogP contribution in [0.5, 0.6) is 11.5 Å². The van der Waals surface area contributed by atoms with Gasteiger partial charge in [0.25, 0.3) is 5.91 Å². The highest BCUT2D eigenvalue weighted by atomic mass is 35.5. The Morgan fingerprint density at radius 1 is 1.31 bits per heavy atom. The average molecular weight is 381 g/mol. The highest BCUT2D eigenvalue weighted by Gasteiger charge is 2.19. The molecule has 3 rings (SSSR count). The van der Waals surface area contributed by atoms with Gasteiger partial charge >= 0.3 is 0 Å². The van der Waals surface area contributed by atoms with Crippen molar-refractivity contribution < 1.29 is 18.7 Å². The molecule has 7 heteroatoms. The molecule has 1 aliphatic rings. The molecule has 1 saturated carbocycles. The fourth-order valence-corrected chi connectivity index (χ4v) is 2.99. The van der Waals surface area contributed by atoms with E-state index in [2.05, 4.69) is 5.32 Å².